The lowest BCUT2D eigenvalue weighted by molar-refractivity contribution is 0.159. The molecule has 2 heterocycles. The van der Waals surface area contributed by atoms with Gasteiger partial charge in [-0.3, -0.25) is 5.10 Å². The first kappa shape index (κ1) is 12.3. The van der Waals surface area contributed by atoms with Crippen molar-refractivity contribution in [3.63, 3.8) is 0 Å². The van der Waals surface area contributed by atoms with E-state index in [9.17, 15) is 0 Å². The molecule has 0 radical (unpaired) electrons. The Morgan fingerprint density at radius 2 is 2.47 bits per heavy atom. The van der Waals surface area contributed by atoms with Crippen LogP contribution in [0.2, 0.25) is 0 Å². The number of nitrogens with two attached hydrogens (primary N) is 1. The fourth-order valence-electron chi connectivity index (χ4n) is 2.16. The van der Waals surface area contributed by atoms with Gasteiger partial charge in [-0.1, -0.05) is 6.92 Å². The molecule has 0 bridgehead atoms. The van der Waals surface area contributed by atoms with Crippen LogP contribution in [0.15, 0.2) is 0 Å². The molecule has 0 spiro atoms. The largest absolute Gasteiger partial charge is 0.384 e. The third kappa shape index (κ3) is 3.17. The first-order chi connectivity index (χ1) is 8.19. The molecule has 96 valence electrons. The maximum absolute atomic E-state index is 5.87. The van der Waals surface area contributed by atoms with E-state index in [4.69, 9.17) is 10.5 Å². The van der Waals surface area contributed by atoms with Crippen LogP contribution in [-0.2, 0) is 11.2 Å². The number of methoxy groups -OCH3 is 1. The van der Waals surface area contributed by atoms with Crippen LogP contribution in [0.5, 0.6) is 0 Å². The van der Waals surface area contributed by atoms with Gasteiger partial charge in [0.2, 0.25) is 5.95 Å². The lowest BCUT2D eigenvalue weighted by Gasteiger charge is -2.11. The predicted molar refractivity (Wildman–Crippen MR) is 65.9 cm³/mol. The Morgan fingerprint density at radius 3 is 3.12 bits per heavy atom. The second-order valence-electron chi connectivity index (χ2n) is 4.84. The minimum atomic E-state index is 0.254. The quantitative estimate of drug-likeness (QED) is 0.765. The van der Waals surface area contributed by atoms with Crippen LogP contribution in [0.3, 0.4) is 0 Å². The Labute approximate surface area is 102 Å². The number of ether oxygens (including phenoxy) is 1. The highest BCUT2D eigenvalue weighted by atomic mass is 16.5. The van der Waals surface area contributed by atoms with E-state index in [-0.39, 0.29) is 6.04 Å². The molecular formula is C11H21N5O. The molecule has 0 aromatic carbocycles. The zero-order chi connectivity index (χ0) is 12.3. The maximum Gasteiger partial charge on any atom is 0.244 e. The number of anilines is 1. The number of hydrogen-bond acceptors (Lipinski definition) is 5. The van der Waals surface area contributed by atoms with Gasteiger partial charge >= 0.3 is 0 Å². The Kier molecular flexibility index (Phi) is 3.96. The fourth-order valence-corrected chi connectivity index (χ4v) is 2.16. The first-order valence-electron chi connectivity index (χ1n) is 6.09. The molecule has 1 aliphatic heterocycles. The number of hydrogen-bond donors (Lipinski definition) is 2. The van der Waals surface area contributed by atoms with E-state index in [2.05, 4.69) is 27.0 Å². The minimum Gasteiger partial charge on any atom is -0.384 e. The van der Waals surface area contributed by atoms with E-state index in [0.717, 1.165) is 44.3 Å². The van der Waals surface area contributed by atoms with Gasteiger partial charge in [-0.05, 0) is 12.3 Å². The third-order valence-corrected chi connectivity index (χ3v) is 3.02. The summed E-state index contributed by atoms with van der Waals surface area (Å²) in [5.41, 5.74) is 5.87. The van der Waals surface area contributed by atoms with Crippen LogP contribution in [0, 0.1) is 5.92 Å². The molecule has 1 saturated heterocycles. The van der Waals surface area contributed by atoms with E-state index in [1.807, 2.05) is 0 Å². The highest BCUT2D eigenvalue weighted by molar-refractivity contribution is 5.31. The molecule has 0 aliphatic carbocycles. The van der Waals surface area contributed by atoms with Crippen LogP contribution in [0.4, 0.5) is 5.95 Å². The molecule has 3 N–H and O–H groups in total. The van der Waals surface area contributed by atoms with E-state index < -0.39 is 0 Å². The van der Waals surface area contributed by atoms with Gasteiger partial charge in [0.1, 0.15) is 5.82 Å². The Bertz CT molecular complexity index is 353. The highest BCUT2D eigenvalue weighted by Crippen LogP contribution is 2.15. The van der Waals surface area contributed by atoms with Crippen molar-refractivity contribution in [2.45, 2.75) is 25.8 Å². The zero-order valence-corrected chi connectivity index (χ0v) is 10.5. The number of rotatable bonds is 5. The van der Waals surface area contributed by atoms with E-state index in [1.165, 1.54) is 0 Å². The van der Waals surface area contributed by atoms with Gasteiger partial charge in [-0.25, -0.2) is 0 Å². The molecule has 1 aromatic heterocycles. The van der Waals surface area contributed by atoms with E-state index in [1.54, 1.807) is 7.11 Å². The molecule has 2 atom stereocenters. The molecular weight excluding hydrogens is 218 g/mol. The van der Waals surface area contributed by atoms with Crippen molar-refractivity contribution in [2.75, 3.05) is 31.7 Å². The van der Waals surface area contributed by atoms with Crippen LogP contribution >= 0.6 is 0 Å². The summed E-state index contributed by atoms with van der Waals surface area (Å²) in [4.78, 5) is 6.63. The van der Waals surface area contributed by atoms with Gasteiger partial charge in [0.25, 0.3) is 0 Å². The van der Waals surface area contributed by atoms with Crippen molar-refractivity contribution in [3.05, 3.63) is 5.82 Å². The summed E-state index contributed by atoms with van der Waals surface area (Å²) in [5.74, 6) is 2.14. The first-order valence-corrected chi connectivity index (χ1v) is 6.09. The van der Waals surface area contributed by atoms with Crippen molar-refractivity contribution in [1.29, 1.82) is 0 Å². The smallest absolute Gasteiger partial charge is 0.244 e. The average molecular weight is 239 g/mol. The van der Waals surface area contributed by atoms with E-state index in [0.29, 0.717) is 5.92 Å². The monoisotopic (exact) mass is 239 g/mol. The van der Waals surface area contributed by atoms with Crippen LogP contribution < -0.4 is 10.6 Å². The lowest BCUT2D eigenvalue weighted by atomic mass is 10.1. The van der Waals surface area contributed by atoms with Crippen molar-refractivity contribution in [1.82, 2.24) is 15.2 Å². The van der Waals surface area contributed by atoms with Gasteiger partial charge < -0.3 is 15.4 Å². The lowest BCUT2D eigenvalue weighted by Crippen LogP contribution is -2.27. The van der Waals surface area contributed by atoms with Crippen LogP contribution in [-0.4, -0.2) is 48.0 Å². The van der Waals surface area contributed by atoms with Crippen LogP contribution in [0.1, 0.15) is 19.2 Å². The second kappa shape index (κ2) is 5.46. The molecule has 1 fully saturated rings. The third-order valence-electron chi connectivity index (χ3n) is 3.02. The molecule has 0 amide bonds. The van der Waals surface area contributed by atoms with Crippen molar-refractivity contribution >= 4 is 5.95 Å². The van der Waals surface area contributed by atoms with Gasteiger partial charge in [0.05, 0.1) is 0 Å². The predicted octanol–water partition coefficient (Wildman–Crippen LogP) is 0.167. The number of aromatic amines is 1. The number of H-pyrrole nitrogens is 1. The summed E-state index contributed by atoms with van der Waals surface area (Å²) < 4.78 is 5.11. The summed E-state index contributed by atoms with van der Waals surface area (Å²) in [6, 6.07) is 0.254. The van der Waals surface area contributed by atoms with Gasteiger partial charge in [-0.15, -0.1) is 5.10 Å². The summed E-state index contributed by atoms with van der Waals surface area (Å²) >= 11 is 0. The second-order valence-corrected chi connectivity index (χ2v) is 4.84. The Morgan fingerprint density at radius 1 is 1.65 bits per heavy atom. The van der Waals surface area contributed by atoms with Crippen molar-refractivity contribution < 1.29 is 4.74 Å². The molecule has 2 unspecified atom stereocenters. The molecule has 6 heteroatoms. The summed E-state index contributed by atoms with van der Waals surface area (Å²) in [6.45, 7) is 4.68. The average Bonchev–Trinajstić information content (AvgIpc) is 2.87. The maximum atomic E-state index is 5.87. The number of nitrogens with one attached hydrogen (secondary N) is 1. The van der Waals surface area contributed by atoms with Crippen molar-refractivity contribution in [2.24, 2.45) is 11.7 Å². The molecule has 1 aliphatic rings. The molecule has 17 heavy (non-hydrogen) atoms. The Balaban J connectivity index is 1.91. The highest BCUT2D eigenvalue weighted by Gasteiger charge is 2.22. The van der Waals surface area contributed by atoms with Gasteiger partial charge in [-0.2, -0.15) is 4.98 Å². The number of aromatic nitrogens is 3. The number of nitrogens with zero attached hydrogens (tertiary/aromatic N) is 3. The van der Waals surface area contributed by atoms with Gasteiger partial charge in [0.15, 0.2) is 0 Å². The van der Waals surface area contributed by atoms with Gasteiger partial charge in [0, 0.05) is 39.3 Å². The molecule has 2 rings (SSSR count). The topological polar surface area (TPSA) is 80.1 Å². The fraction of sp³-hybridized carbons (Fsp3) is 0.818. The summed E-state index contributed by atoms with van der Waals surface area (Å²) in [6.07, 6.45) is 1.88. The molecule has 0 saturated carbocycles. The Hall–Kier alpha value is -1.14. The zero-order valence-electron chi connectivity index (χ0n) is 10.5. The SMILES string of the molecule is COCC(C)Cc1nc(N2CCC(N)C2)n[nH]1. The normalized spacial score (nSPS) is 22.1. The standard InChI is InChI=1S/C11H21N5O/c1-8(7-17-2)5-10-13-11(15-14-10)16-4-3-9(12)6-16/h8-9H,3-7,12H2,1-2H3,(H,13,14,15). The summed E-state index contributed by atoms with van der Waals surface area (Å²) in [7, 11) is 1.72. The molecule has 6 nitrogen and oxygen atoms in total. The minimum absolute atomic E-state index is 0.254. The van der Waals surface area contributed by atoms with Crippen LogP contribution in [0.25, 0.3) is 0 Å². The molecule has 1 aromatic rings. The van der Waals surface area contributed by atoms with Crippen molar-refractivity contribution in [3.8, 4) is 0 Å². The summed E-state index contributed by atoms with van der Waals surface area (Å²) in [5, 5.41) is 7.23. The van der Waals surface area contributed by atoms with E-state index >= 15 is 0 Å².